The van der Waals surface area contributed by atoms with Crippen LogP contribution in [0.3, 0.4) is 0 Å². The Morgan fingerprint density at radius 2 is 1.86 bits per heavy atom. The van der Waals surface area contributed by atoms with Crippen LogP contribution in [0.2, 0.25) is 0 Å². The van der Waals surface area contributed by atoms with Gasteiger partial charge in [0.05, 0.1) is 6.10 Å². The maximum atomic E-state index is 4.85. The van der Waals surface area contributed by atoms with Gasteiger partial charge in [0.15, 0.2) is 0 Å². The summed E-state index contributed by atoms with van der Waals surface area (Å²) in [5.74, 6) is 0. The van der Waals surface area contributed by atoms with Gasteiger partial charge in [0.25, 0.3) is 0 Å². The normalized spacial score (nSPS) is 19.0. The van der Waals surface area contributed by atoms with Gasteiger partial charge in [-0.3, -0.25) is 0 Å². The zero-order valence-corrected chi connectivity index (χ0v) is 5.03. The van der Waals surface area contributed by atoms with Crippen LogP contribution >= 0.6 is 9.47 Å². The minimum absolute atomic E-state index is 0.199. The molecule has 0 fully saturated rings. The van der Waals surface area contributed by atoms with Crippen LogP contribution in [0.4, 0.5) is 0 Å². The lowest BCUT2D eigenvalue weighted by molar-refractivity contribution is 0.352. The van der Waals surface area contributed by atoms with Crippen molar-refractivity contribution in [2.75, 3.05) is 0 Å². The topological polar surface area (TPSA) is 9.23 Å². The second kappa shape index (κ2) is 2.25. The molecule has 0 bridgehead atoms. The van der Waals surface area contributed by atoms with E-state index in [0.717, 1.165) is 0 Å². The minimum Gasteiger partial charge on any atom is -0.354 e. The molecule has 0 saturated heterocycles. The Morgan fingerprint density at radius 1 is 1.29 bits per heavy atom. The summed E-state index contributed by atoms with van der Waals surface area (Å²) >= 11 is 0. The number of allylic oxidation sites excluding steroid dienone is 2. The van der Waals surface area contributed by atoms with Crippen molar-refractivity contribution >= 4 is 9.47 Å². The molecule has 38 valence electrons. The Labute approximate surface area is 45.3 Å². The van der Waals surface area contributed by atoms with Crippen LogP contribution in [0.1, 0.15) is 0 Å². The highest BCUT2D eigenvalue weighted by atomic mass is 31.0. The molecule has 1 aliphatic carbocycles. The Hall–Kier alpha value is -0.130. The Bertz CT molecular complexity index is 94.6. The van der Waals surface area contributed by atoms with Gasteiger partial charge in [0, 0.05) is 9.47 Å². The molecule has 1 atom stereocenters. The van der Waals surface area contributed by atoms with Crippen molar-refractivity contribution in [3.8, 4) is 0 Å². The first-order valence-electron chi connectivity index (χ1n) is 2.14. The van der Waals surface area contributed by atoms with Crippen LogP contribution in [-0.2, 0) is 4.52 Å². The van der Waals surface area contributed by atoms with E-state index >= 15 is 0 Å². The molecule has 7 heavy (non-hydrogen) atoms. The second-order valence-corrected chi connectivity index (χ2v) is 1.64. The summed E-state index contributed by atoms with van der Waals surface area (Å²) in [6.07, 6.45) is 8.09. The largest absolute Gasteiger partial charge is 0.354 e. The summed E-state index contributed by atoms with van der Waals surface area (Å²) in [7, 11) is 2.22. The highest BCUT2D eigenvalue weighted by Crippen LogP contribution is 2.06. The van der Waals surface area contributed by atoms with Crippen molar-refractivity contribution in [3.05, 3.63) is 24.3 Å². The van der Waals surface area contributed by atoms with E-state index in [4.69, 9.17) is 4.52 Å². The van der Waals surface area contributed by atoms with Gasteiger partial charge in [-0.25, -0.2) is 0 Å². The molecule has 0 heterocycles. The number of hydrogen-bond donors (Lipinski definition) is 0. The SMILES string of the molecule is POC1C=CC=C1. The van der Waals surface area contributed by atoms with Crippen molar-refractivity contribution in [2.24, 2.45) is 0 Å². The third-order valence-corrected chi connectivity index (χ3v) is 1.18. The van der Waals surface area contributed by atoms with E-state index in [0.29, 0.717) is 0 Å². The fraction of sp³-hybridized carbons (Fsp3) is 0.200. The van der Waals surface area contributed by atoms with Gasteiger partial charge >= 0.3 is 0 Å². The maximum Gasteiger partial charge on any atom is 0.0979 e. The van der Waals surface area contributed by atoms with E-state index in [1.165, 1.54) is 0 Å². The van der Waals surface area contributed by atoms with E-state index < -0.39 is 0 Å². The van der Waals surface area contributed by atoms with Crippen molar-refractivity contribution in [3.63, 3.8) is 0 Å². The molecular weight excluding hydrogens is 107 g/mol. The van der Waals surface area contributed by atoms with Crippen molar-refractivity contribution in [2.45, 2.75) is 6.10 Å². The summed E-state index contributed by atoms with van der Waals surface area (Å²) in [5.41, 5.74) is 0. The van der Waals surface area contributed by atoms with Crippen LogP contribution in [0, 0.1) is 0 Å². The molecule has 0 saturated carbocycles. The van der Waals surface area contributed by atoms with Gasteiger partial charge in [-0.05, 0) is 0 Å². The molecule has 1 nitrogen and oxygen atoms in total. The lowest BCUT2D eigenvalue weighted by Gasteiger charge is -1.96. The van der Waals surface area contributed by atoms with Gasteiger partial charge in [-0.1, -0.05) is 24.3 Å². The highest BCUT2D eigenvalue weighted by Gasteiger charge is 1.97. The Balaban J connectivity index is 2.44. The first-order valence-corrected chi connectivity index (χ1v) is 2.61. The molecule has 2 heteroatoms. The fourth-order valence-electron chi connectivity index (χ4n) is 0.502. The Morgan fingerprint density at radius 3 is 2.14 bits per heavy atom. The van der Waals surface area contributed by atoms with E-state index in [1.54, 1.807) is 0 Å². The predicted molar refractivity (Wildman–Crippen MR) is 32.9 cm³/mol. The molecule has 0 spiro atoms. The standard InChI is InChI=1S/C5H7OP/c7-6-5-3-1-2-4-5/h1-5H,7H2. The van der Waals surface area contributed by atoms with Crippen LogP contribution in [0.25, 0.3) is 0 Å². The summed E-state index contributed by atoms with van der Waals surface area (Å²) < 4.78 is 4.85. The smallest absolute Gasteiger partial charge is 0.0979 e. The fourth-order valence-corrected chi connectivity index (χ4v) is 0.684. The lowest BCUT2D eigenvalue weighted by Crippen LogP contribution is -1.92. The monoisotopic (exact) mass is 114 g/mol. The van der Waals surface area contributed by atoms with Gasteiger partial charge in [0.1, 0.15) is 0 Å². The zero-order valence-electron chi connectivity index (χ0n) is 3.87. The molecule has 1 rings (SSSR count). The molecule has 1 aliphatic rings. The molecule has 0 aromatic carbocycles. The molecule has 0 aromatic rings. The van der Waals surface area contributed by atoms with Gasteiger partial charge in [0.2, 0.25) is 0 Å². The van der Waals surface area contributed by atoms with Crippen LogP contribution in [-0.4, -0.2) is 6.10 Å². The molecule has 1 unspecified atom stereocenters. The van der Waals surface area contributed by atoms with E-state index in [2.05, 4.69) is 9.47 Å². The van der Waals surface area contributed by atoms with Gasteiger partial charge in [-0.15, -0.1) is 0 Å². The summed E-state index contributed by atoms with van der Waals surface area (Å²) in [6.45, 7) is 0. The quantitative estimate of drug-likeness (QED) is 0.466. The van der Waals surface area contributed by atoms with Crippen LogP contribution in [0.15, 0.2) is 24.3 Å². The summed E-state index contributed by atoms with van der Waals surface area (Å²) in [4.78, 5) is 0. The lowest BCUT2D eigenvalue weighted by atomic mass is 10.4. The van der Waals surface area contributed by atoms with Crippen molar-refractivity contribution in [1.82, 2.24) is 0 Å². The molecule has 0 radical (unpaired) electrons. The number of hydrogen-bond acceptors (Lipinski definition) is 1. The third-order valence-electron chi connectivity index (χ3n) is 0.870. The zero-order chi connectivity index (χ0) is 5.11. The van der Waals surface area contributed by atoms with E-state index in [1.807, 2.05) is 24.3 Å². The van der Waals surface area contributed by atoms with Gasteiger partial charge < -0.3 is 4.52 Å². The minimum atomic E-state index is 0.199. The van der Waals surface area contributed by atoms with E-state index in [-0.39, 0.29) is 6.10 Å². The molecule has 0 aromatic heterocycles. The third kappa shape index (κ3) is 1.12. The molecular formula is C5H7OP. The highest BCUT2D eigenvalue weighted by molar-refractivity contribution is 7.09. The Kier molecular flexibility index (Phi) is 1.61. The van der Waals surface area contributed by atoms with Gasteiger partial charge in [-0.2, -0.15) is 0 Å². The number of rotatable bonds is 1. The predicted octanol–water partition coefficient (Wildman–Crippen LogP) is 1.29. The van der Waals surface area contributed by atoms with Crippen LogP contribution < -0.4 is 0 Å². The van der Waals surface area contributed by atoms with Crippen LogP contribution in [0.5, 0.6) is 0 Å². The first kappa shape index (κ1) is 5.02. The second-order valence-electron chi connectivity index (χ2n) is 1.37. The summed E-state index contributed by atoms with van der Waals surface area (Å²) in [6, 6.07) is 0. The van der Waals surface area contributed by atoms with Crippen molar-refractivity contribution < 1.29 is 4.52 Å². The maximum absolute atomic E-state index is 4.85. The average molecular weight is 114 g/mol. The summed E-state index contributed by atoms with van der Waals surface area (Å²) in [5, 5.41) is 0. The molecule has 0 amide bonds. The average Bonchev–Trinajstić information content (AvgIpc) is 2.14. The van der Waals surface area contributed by atoms with E-state index in [9.17, 15) is 0 Å². The first-order chi connectivity index (χ1) is 3.43. The molecule has 0 aliphatic heterocycles. The molecule has 0 N–H and O–H groups in total. The van der Waals surface area contributed by atoms with Crippen molar-refractivity contribution in [1.29, 1.82) is 0 Å².